The van der Waals surface area contributed by atoms with Crippen LogP contribution in [0.15, 0.2) is 83.0 Å². The molecule has 6 heteroatoms. The SMILES string of the molecule is COC(=O)C1=CN(Cc2ccccc2)C=C(C(=O)OC)C1c1ccc(SC)cc1. The molecule has 0 unspecified atom stereocenters. The van der Waals surface area contributed by atoms with Crippen LogP contribution in [0.25, 0.3) is 0 Å². The fourth-order valence-electron chi connectivity index (χ4n) is 3.33. The highest BCUT2D eigenvalue weighted by atomic mass is 32.2. The Bertz CT molecular complexity index is 901. The van der Waals surface area contributed by atoms with Crippen LogP contribution < -0.4 is 0 Å². The lowest BCUT2D eigenvalue weighted by Crippen LogP contribution is -2.28. The van der Waals surface area contributed by atoms with E-state index in [0.29, 0.717) is 17.7 Å². The fraction of sp³-hybridized carbons (Fsp3) is 0.217. The van der Waals surface area contributed by atoms with Gasteiger partial charge >= 0.3 is 11.9 Å². The molecule has 150 valence electrons. The summed E-state index contributed by atoms with van der Waals surface area (Å²) in [6, 6.07) is 17.6. The van der Waals surface area contributed by atoms with Crippen molar-refractivity contribution < 1.29 is 19.1 Å². The van der Waals surface area contributed by atoms with Crippen LogP contribution in [-0.2, 0) is 25.6 Å². The van der Waals surface area contributed by atoms with Crippen LogP contribution in [0.4, 0.5) is 0 Å². The Kier molecular flexibility index (Phi) is 6.77. The minimum Gasteiger partial charge on any atom is -0.466 e. The van der Waals surface area contributed by atoms with Gasteiger partial charge in [0.2, 0.25) is 0 Å². The van der Waals surface area contributed by atoms with E-state index in [1.54, 1.807) is 24.2 Å². The average Bonchev–Trinajstić information content (AvgIpc) is 2.78. The number of carbonyl (C=O) groups is 2. The number of nitrogens with zero attached hydrogens (tertiary/aromatic N) is 1. The topological polar surface area (TPSA) is 55.8 Å². The van der Waals surface area contributed by atoms with Crippen molar-refractivity contribution >= 4 is 23.7 Å². The highest BCUT2D eigenvalue weighted by Crippen LogP contribution is 2.38. The van der Waals surface area contributed by atoms with E-state index in [1.165, 1.54) is 14.2 Å². The second kappa shape index (κ2) is 9.47. The van der Waals surface area contributed by atoms with Gasteiger partial charge in [0.25, 0.3) is 0 Å². The first-order chi connectivity index (χ1) is 14.1. The summed E-state index contributed by atoms with van der Waals surface area (Å²) in [5.74, 6) is -1.51. The van der Waals surface area contributed by atoms with E-state index in [9.17, 15) is 9.59 Å². The lowest BCUT2D eigenvalue weighted by atomic mass is 9.83. The molecule has 0 atom stereocenters. The summed E-state index contributed by atoms with van der Waals surface area (Å²) in [4.78, 5) is 28.2. The third kappa shape index (κ3) is 4.71. The van der Waals surface area contributed by atoms with E-state index in [2.05, 4.69) is 0 Å². The van der Waals surface area contributed by atoms with E-state index in [1.807, 2.05) is 65.8 Å². The van der Waals surface area contributed by atoms with Crippen LogP contribution in [0.3, 0.4) is 0 Å². The monoisotopic (exact) mass is 409 g/mol. The van der Waals surface area contributed by atoms with Gasteiger partial charge in [-0.05, 0) is 29.5 Å². The zero-order chi connectivity index (χ0) is 20.8. The van der Waals surface area contributed by atoms with Crippen molar-refractivity contribution in [3.8, 4) is 0 Å². The molecular formula is C23H23NO4S. The molecule has 0 N–H and O–H groups in total. The molecular weight excluding hydrogens is 386 g/mol. The molecule has 0 aromatic heterocycles. The zero-order valence-electron chi connectivity index (χ0n) is 16.6. The van der Waals surface area contributed by atoms with Crippen LogP contribution in [0, 0.1) is 0 Å². The second-order valence-electron chi connectivity index (χ2n) is 6.52. The van der Waals surface area contributed by atoms with Crippen LogP contribution in [0.2, 0.25) is 0 Å². The van der Waals surface area contributed by atoms with E-state index >= 15 is 0 Å². The highest BCUT2D eigenvalue weighted by Gasteiger charge is 2.35. The van der Waals surface area contributed by atoms with Crippen molar-refractivity contribution in [2.75, 3.05) is 20.5 Å². The summed E-state index contributed by atoms with van der Waals surface area (Å²) in [5.41, 5.74) is 2.66. The summed E-state index contributed by atoms with van der Waals surface area (Å²) in [6.07, 6.45) is 5.49. The van der Waals surface area contributed by atoms with Gasteiger partial charge in [-0.1, -0.05) is 42.5 Å². The predicted octanol–water partition coefficient (Wildman–Crippen LogP) is 4.12. The van der Waals surface area contributed by atoms with Gasteiger partial charge in [-0.3, -0.25) is 0 Å². The largest absolute Gasteiger partial charge is 0.466 e. The van der Waals surface area contributed by atoms with E-state index < -0.39 is 17.9 Å². The molecule has 2 aromatic carbocycles. The third-order valence-electron chi connectivity index (χ3n) is 4.73. The van der Waals surface area contributed by atoms with E-state index in [0.717, 1.165) is 16.0 Å². The molecule has 0 fully saturated rings. The molecule has 0 saturated carbocycles. The first-order valence-electron chi connectivity index (χ1n) is 9.11. The maximum Gasteiger partial charge on any atom is 0.336 e. The molecule has 1 aliphatic rings. The van der Waals surface area contributed by atoms with Gasteiger partial charge < -0.3 is 14.4 Å². The molecule has 0 bridgehead atoms. The smallest absolute Gasteiger partial charge is 0.336 e. The molecule has 5 nitrogen and oxygen atoms in total. The van der Waals surface area contributed by atoms with Crippen molar-refractivity contribution in [2.24, 2.45) is 0 Å². The Morgan fingerprint density at radius 2 is 1.45 bits per heavy atom. The molecule has 0 spiro atoms. The molecule has 1 aliphatic heterocycles. The lowest BCUT2D eigenvalue weighted by Gasteiger charge is -2.30. The summed E-state index contributed by atoms with van der Waals surface area (Å²) in [7, 11) is 2.68. The number of hydrogen-bond donors (Lipinski definition) is 0. The number of hydrogen-bond acceptors (Lipinski definition) is 6. The fourth-order valence-corrected chi connectivity index (χ4v) is 3.74. The molecule has 3 rings (SSSR count). The van der Waals surface area contributed by atoms with Crippen LogP contribution >= 0.6 is 11.8 Å². The number of benzene rings is 2. The molecule has 1 heterocycles. The van der Waals surface area contributed by atoms with Gasteiger partial charge in [0.15, 0.2) is 0 Å². The van der Waals surface area contributed by atoms with Crippen molar-refractivity contribution in [1.29, 1.82) is 0 Å². The molecule has 0 amide bonds. The minimum absolute atomic E-state index is 0.392. The second-order valence-corrected chi connectivity index (χ2v) is 7.40. The quantitative estimate of drug-likeness (QED) is 0.528. The Morgan fingerprint density at radius 3 is 1.93 bits per heavy atom. The number of thioether (sulfide) groups is 1. The maximum absolute atomic E-state index is 12.6. The predicted molar refractivity (Wildman–Crippen MR) is 113 cm³/mol. The van der Waals surface area contributed by atoms with Crippen molar-refractivity contribution in [3.63, 3.8) is 0 Å². The van der Waals surface area contributed by atoms with Gasteiger partial charge in [0.05, 0.1) is 31.3 Å². The van der Waals surface area contributed by atoms with Gasteiger partial charge in [0, 0.05) is 23.8 Å². The Balaban J connectivity index is 2.06. The zero-order valence-corrected chi connectivity index (χ0v) is 17.4. The lowest BCUT2D eigenvalue weighted by molar-refractivity contribution is -0.137. The maximum atomic E-state index is 12.6. The summed E-state index contributed by atoms with van der Waals surface area (Å²) in [5, 5.41) is 0. The normalized spacial score (nSPS) is 14.1. The van der Waals surface area contributed by atoms with E-state index in [-0.39, 0.29) is 0 Å². The summed E-state index contributed by atoms with van der Waals surface area (Å²) in [6.45, 7) is 0.514. The van der Waals surface area contributed by atoms with Crippen molar-refractivity contribution in [3.05, 3.63) is 89.3 Å². The van der Waals surface area contributed by atoms with Crippen LogP contribution in [-0.4, -0.2) is 37.3 Å². The number of ether oxygens (including phenoxy) is 2. The first-order valence-corrected chi connectivity index (χ1v) is 10.3. The number of carbonyl (C=O) groups excluding carboxylic acids is 2. The third-order valence-corrected chi connectivity index (χ3v) is 5.47. The molecule has 2 aromatic rings. The number of rotatable bonds is 6. The molecule has 29 heavy (non-hydrogen) atoms. The van der Waals surface area contributed by atoms with Crippen LogP contribution in [0.1, 0.15) is 17.0 Å². The van der Waals surface area contributed by atoms with Gasteiger partial charge in [-0.2, -0.15) is 0 Å². The summed E-state index contributed by atoms with van der Waals surface area (Å²) < 4.78 is 10.1. The first kappa shape index (κ1) is 20.7. The molecule has 0 radical (unpaired) electrons. The molecule has 0 aliphatic carbocycles. The van der Waals surface area contributed by atoms with Gasteiger partial charge in [-0.15, -0.1) is 11.8 Å². The summed E-state index contributed by atoms with van der Waals surface area (Å²) >= 11 is 1.63. The Morgan fingerprint density at radius 1 is 0.897 bits per heavy atom. The van der Waals surface area contributed by atoms with Crippen molar-refractivity contribution in [2.45, 2.75) is 17.4 Å². The minimum atomic E-state index is -0.558. The van der Waals surface area contributed by atoms with Gasteiger partial charge in [0.1, 0.15) is 0 Å². The Labute approximate surface area is 175 Å². The van der Waals surface area contributed by atoms with Gasteiger partial charge in [-0.25, -0.2) is 9.59 Å². The highest BCUT2D eigenvalue weighted by molar-refractivity contribution is 7.98. The van der Waals surface area contributed by atoms with Crippen molar-refractivity contribution in [1.82, 2.24) is 4.90 Å². The van der Waals surface area contributed by atoms with E-state index in [4.69, 9.17) is 9.47 Å². The Hall–Kier alpha value is -2.99. The average molecular weight is 410 g/mol. The van der Waals surface area contributed by atoms with Crippen LogP contribution in [0.5, 0.6) is 0 Å². The number of esters is 2. The molecule has 0 saturated heterocycles. The number of methoxy groups -OCH3 is 2. The standard InChI is InChI=1S/C23H23NO4S/c1-27-22(25)19-14-24(13-16-7-5-4-6-8-16)15-20(23(26)28-2)21(19)17-9-11-18(29-3)12-10-17/h4-12,14-15,21H,13H2,1-3H3.